The van der Waals surface area contributed by atoms with Crippen LogP contribution in [0.4, 0.5) is 0 Å². The fourth-order valence-corrected chi connectivity index (χ4v) is 3.05. The first-order valence-electron chi connectivity index (χ1n) is 8.12. The minimum atomic E-state index is 0.361. The molecule has 0 amide bonds. The lowest BCUT2D eigenvalue weighted by Crippen LogP contribution is -2.45. The molecule has 21 heavy (non-hydrogen) atoms. The SMILES string of the molecule is Cc1ccc(OCCCCN2C[C@H](C)O[C@@H](C)C2)c(C)c1. The van der Waals surface area contributed by atoms with Gasteiger partial charge in [0.2, 0.25) is 0 Å². The molecule has 3 heteroatoms. The van der Waals surface area contributed by atoms with Crippen LogP contribution in [0.25, 0.3) is 0 Å². The second kappa shape index (κ2) is 7.81. The van der Waals surface area contributed by atoms with Gasteiger partial charge in [-0.2, -0.15) is 0 Å². The number of nitrogens with zero attached hydrogens (tertiary/aromatic N) is 1. The predicted octanol–water partition coefficient (Wildman–Crippen LogP) is 3.57. The first kappa shape index (κ1) is 16.3. The van der Waals surface area contributed by atoms with Gasteiger partial charge < -0.3 is 9.47 Å². The van der Waals surface area contributed by atoms with Crippen LogP contribution >= 0.6 is 0 Å². The average molecular weight is 291 g/mol. The van der Waals surface area contributed by atoms with Crippen molar-refractivity contribution in [3.8, 4) is 5.75 Å². The van der Waals surface area contributed by atoms with Gasteiger partial charge in [0.05, 0.1) is 18.8 Å². The van der Waals surface area contributed by atoms with E-state index in [0.717, 1.165) is 38.4 Å². The number of aryl methyl sites for hydroxylation is 2. The summed E-state index contributed by atoms with van der Waals surface area (Å²) in [5, 5.41) is 0. The Kier molecular flexibility index (Phi) is 6.07. The standard InChI is InChI=1S/C18H29NO2/c1-14-7-8-18(15(2)11-14)20-10-6-5-9-19-12-16(3)21-17(4)13-19/h7-8,11,16-17H,5-6,9-10,12-13H2,1-4H3/t16-,17-/m0/s1. The van der Waals surface area contributed by atoms with Crippen molar-refractivity contribution in [1.29, 1.82) is 0 Å². The number of hydrogen-bond acceptors (Lipinski definition) is 3. The summed E-state index contributed by atoms with van der Waals surface area (Å²) in [6.07, 6.45) is 3.01. The Bertz CT molecular complexity index is 437. The van der Waals surface area contributed by atoms with Crippen LogP contribution in [0.15, 0.2) is 18.2 Å². The van der Waals surface area contributed by atoms with Gasteiger partial charge in [0.25, 0.3) is 0 Å². The number of hydrogen-bond donors (Lipinski definition) is 0. The van der Waals surface area contributed by atoms with E-state index in [1.165, 1.54) is 17.5 Å². The minimum absolute atomic E-state index is 0.361. The van der Waals surface area contributed by atoms with Gasteiger partial charge in [-0.05, 0) is 58.7 Å². The molecule has 0 radical (unpaired) electrons. The van der Waals surface area contributed by atoms with Crippen molar-refractivity contribution < 1.29 is 9.47 Å². The van der Waals surface area contributed by atoms with Crippen molar-refractivity contribution in [1.82, 2.24) is 4.90 Å². The van der Waals surface area contributed by atoms with Gasteiger partial charge in [-0.25, -0.2) is 0 Å². The summed E-state index contributed by atoms with van der Waals surface area (Å²) in [6, 6.07) is 6.36. The number of rotatable bonds is 6. The number of unbranched alkanes of at least 4 members (excludes halogenated alkanes) is 1. The third-order valence-corrected chi connectivity index (χ3v) is 3.95. The van der Waals surface area contributed by atoms with E-state index in [0.29, 0.717) is 12.2 Å². The molecule has 1 fully saturated rings. The van der Waals surface area contributed by atoms with Crippen LogP contribution in [0.1, 0.15) is 37.8 Å². The summed E-state index contributed by atoms with van der Waals surface area (Å²) < 4.78 is 11.6. The van der Waals surface area contributed by atoms with Gasteiger partial charge in [-0.3, -0.25) is 4.90 Å². The summed E-state index contributed by atoms with van der Waals surface area (Å²) in [5.41, 5.74) is 2.52. The summed E-state index contributed by atoms with van der Waals surface area (Å²) in [4.78, 5) is 2.51. The molecule has 0 saturated carbocycles. The van der Waals surface area contributed by atoms with Crippen molar-refractivity contribution >= 4 is 0 Å². The van der Waals surface area contributed by atoms with Crippen molar-refractivity contribution in [2.75, 3.05) is 26.2 Å². The predicted molar refractivity (Wildman–Crippen MR) is 87.1 cm³/mol. The molecule has 2 rings (SSSR count). The zero-order valence-electron chi connectivity index (χ0n) is 13.9. The smallest absolute Gasteiger partial charge is 0.122 e. The first-order valence-corrected chi connectivity index (χ1v) is 8.12. The zero-order chi connectivity index (χ0) is 15.2. The van der Waals surface area contributed by atoms with Crippen LogP contribution in [0.5, 0.6) is 5.75 Å². The molecule has 0 unspecified atom stereocenters. The molecule has 0 spiro atoms. The third-order valence-electron chi connectivity index (χ3n) is 3.95. The number of morpholine rings is 1. The van der Waals surface area contributed by atoms with Crippen LogP contribution in [0.2, 0.25) is 0 Å². The van der Waals surface area contributed by atoms with E-state index < -0.39 is 0 Å². The molecule has 2 atom stereocenters. The highest BCUT2D eigenvalue weighted by molar-refractivity contribution is 5.35. The van der Waals surface area contributed by atoms with Gasteiger partial charge in [0.1, 0.15) is 5.75 Å². The van der Waals surface area contributed by atoms with Gasteiger partial charge in [0, 0.05) is 13.1 Å². The minimum Gasteiger partial charge on any atom is -0.493 e. The molecule has 0 bridgehead atoms. The normalized spacial score (nSPS) is 23.2. The maximum absolute atomic E-state index is 5.88. The van der Waals surface area contributed by atoms with Crippen molar-refractivity contribution in [2.45, 2.75) is 52.7 Å². The summed E-state index contributed by atoms with van der Waals surface area (Å²) in [6.45, 7) is 12.6. The molecule has 3 nitrogen and oxygen atoms in total. The van der Waals surface area contributed by atoms with Crippen LogP contribution in [0.3, 0.4) is 0 Å². The number of benzene rings is 1. The fourth-order valence-electron chi connectivity index (χ4n) is 3.05. The maximum atomic E-state index is 5.88. The summed E-state index contributed by atoms with van der Waals surface area (Å²) >= 11 is 0. The van der Waals surface area contributed by atoms with Gasteiger partial charge in [-0.15, -0.1) is 0 Å². The topological polar surface area (TPSA) is 21.7 Å². The van der Waals surface area contributed by atoms with E-state index in [4.69, 9.17) is 9.47 Å². The molecule has 1 aliphatic rings. The molecule has 0 aromatic heterocycles. The van der Waals surface area contributed by atoms with Crippen molar-refractivity contribution in [3.05, 3.63) is 29.3 Å². The van der Waals surface area contributed by atoms with Crippen LogP contribution < -0.4 is 4.74 Å². The molecular formula is C18H29NO2. The average Bonchev–Trinajstić information content (AvgIpc) is 2.39. The van der Waals surface area contributed by atoms with Gasteiger partial charge in [-0.1, -0.05) is 17.7 Å². The lowest BCUT2D eigenvalue weighted by atomic mass is 10.1. The summed E-state index contributed by atoms with van der Waals surface area (Å²) in [5.74, 6) is 1.02. The van der Waals surface area contributed by atoms with E-state index in [-0.39, 0.29) is 0 Å². The van der Waals surface area contributed by atoms with E-state index in [2.05, 4.69) is 50.8 Å². The molecule has 1 heterocycles. The monoisotopic (exact) mass is 291 g/mol. The third kappa shape index (κ3) is 5.33. The molecule has 0 aliphatic carbocycles. The van der Waals surface area contributed by atoms with Gasteiger partial charge >= 0.3 is 0 Å². The van der Waals surface area contributed by atoms with Crippen molar-refractivity contribution in [3.63, 3.8) is 0 Å². The van der Waals surface area contributed by atoms with Crippen LogP contribution in [0, 0.1) is 13.8 Å². The molecule has 1 aliphatic heterocycles. The molecule has 1 aromatic rings. The van der Waals surface area contributed by atoms with E-state index in [9.17, 15) is 0 Å². The Labute approximate surface area is 129 Å². The second-order valence-electron chi connectivity index (χ2n) is 6.34. The number of ether oxygens (including phenoxy) is 2. The molecule has 118 valence electrons. The summed E-state index contributed by atoms with van der Waals surface area (Å²) in [7, 11) is 0. The van der Waals surface area contributed by atoms with E-state index in [1.807, 2.05) is 0 Å². The Hall–Kier alpha value is -1.06. The Morgan fingerprint density at radius 2 is 1.86 bits per heavy atom. The molecule has 0 N–H and O–H groups in total. The molecule has 1 saturated heterocycles. The van der Waals surface area contributed by atoms with Gasteiger partial charge in [0.15, 0.2) is 0 Å². The molecule has 1 aromatic carbocycles. The second-order valence-corrected chi connectivity index (χ2v) is 6.34. The lowest BCUT2D eigenvalue weighted by Gasteiger charge is -2.35. The van der Waals surface area contributed by atoms with Crippen molar-refractivity contribution in [2.24, 2.45) is 0 Å². The fraction of sp³-hybridized carbons (Fsp3) is 0.667. The highest BCUT2D eigenvalue weighted by Gasteiger charge is 2.21. The largest absolute Gasteiger partial charge is 0.493 e. The van der Waals surface area contributed by atoms with Crippen LogP contribution in [-0.4, -0.2) is 43.3 Å². The lowest BCUT2D eigenvalue weighted by molar-refractivity contribution is -0.0682. The molecular weight excluding hydrogens is 262 g/mol. The Morgan fingerprint density at radius 3 is 2.52 bits per heavy atom. The highest BCUT2D eigenvalue weighted by Crippen LogP contribution is 2.19. The highest BCUT2D eigenvalue weighted by atomic mass is 16.5. The zero-order valence-corrected chi connectivity index (χ0v) is 13.9. The Balaban J connectivity index is 1.63. The quantitative estimate of drug-likeness (QED) is 0.748. The maximum Gasteiger partial charge on any atom is 0.122 e. The Morgan fingerprint density at radius 1 is 1.14 bits per heavy atom. The first-order chi connectivity index (χ1) is 10.0. The van der Waals surface area contributed by atoms with E-state index >= 15 is 0 Å². The van der Waals surface area contributed by atoms with Crippen LogP contribution in [-0.2, 0) is 4.74 Å². The van der Waals surface area contributed by atoms with E-state index in [1.54, 1.807) is 0 Å².